The van der Waals surface area contributed by atoms with E-state index in [2.05, 4.69) is 10.3 Å². The molecule has 4 rings (SSSR count). The number of pyridine rings is 1. The summed E-state index contributed by atoms with van der Waals surface area (Å²) in [5.41, 5.74) is 3.30. The standard InChI is InChI=1S/C24H22N2O3S/c1-17-7-13-20(14-8-17)30(27,28)23-16-25-22-6-4-3-5-21(22)24(23)26-15-18-9-11-19(29-2)12-10-18/h3-14,16H,15H2,1-2H3,(H,25,26). The Hall–Kier alpha value is -3.38. The Morgan fingerprint density at radius 3 is 2.33 bits per heavy atom. The van der Waals surface area contributed by atoms with Gasteiger partial charge in [-0.2, -0.15) is 0 Å². The molecular formula is C24H22N2O3S. The van der Waals surface area contributed by atoms with E-state index in [4.69, 9.17) is 4.74 Å². The van der Waals surface area contributed by atoms with Crippen LogP contribution in [0.5, 0.6) is 5.75 Å². The molecule has 3 aromatic carbocycles. The lowest BCUT2D eigenvalue weighted by atomic mass is 10.1. The lowest BCUT2D eigenvalue weighted by Crippen LogP contribution is -2.09. The maximum Gasteiger partial charge on any atom is 0.210 e. The van der Waals surface area contributed by atoms with Crippen LogP contribution in [0.2, 0.25) is 0 Å². The number of aromatic nitrogens is 1. The van der Waals surface area contributed by atoms with Gasteiger partial charge in [-0.05, 0) is 42.8 Å². The van der Waals surface area contributed by atoms with Crippen molar-refractivity contribution in [1.82, 2.24) is 4.98 Å². The molecule has 0 unspecified atom stereocenters. The second-order valence-electron chi connectivity index (χ2n) is 7.03. The van der Waals surface area contributed by atoms with Gasteiger partial charge in [0.2, 0.25) is 9.84 Å². The number of aryl methyl sites for hydroxylation is 1. The zero-order valence-electron chi connectivity index (χ0n) is 16.8. The smallest absolute Gasteiger partial charge is 0.210 e. The number of hydrogen-bond acceptors (Lipinski definition) is 5. The molecule has 0 bridgehead atoms. The molecule has 0 aliphatic rings. The number of ether oxygens (including phenoxy) is 1. The highest BCUT2D eigenvalue weighted by Crippen LogP contribution is 2.33. The first-order chi connectivity index (χ1) is 14.5. The van der Waals surface area contributed by atoms with Gasteiger partial charge in [-0.1, -0.05) is 48.0 Å². The fraction of sp³-hybridized carbons (Fsp3) is 0.125. The minimum absolute atomic E-state index is 0.165. The van der Waals surface area contributed by atoms with Crippen molar-refractivity contribution in [3.8, 4) is 5.75 Å². The fourth-order valence-corrected chi connectivity index (χ4v) is 4.68. The van der Waals surface area contributed by atoms with E-state index < -0.39 is 9.84 Å². The predicted octanol–water partition coefficient (Wildman–Crippen LogP) is 5.00. The molecule has 0 fully saturated rings. The predicted molar refractivity (Wildman–Crippen MR) is 119 cm³/mol. The molecule has 0 aliphatic carbocycles. The van der Waals surface area contributed by atoms with E-state index in [9.17, 15) is 8.42 Å². The number of nitrogens with one attached hydrogen (secondary N) is 1. The van der Waals surface area contributed by atoms with E-state index in [1.165, 1.54) is 6.20 Å². The molecule has 30 heavy (non-hydrogen) atoms. The SMILES string of the molecule is COc1ccc(CNc2c(S(=O)(=O)c3ccc(C)cc3)cnc3ccccc23)cc1. The summed E-state index contributed by atoms with van der Waals surface area (Å²) in [6.45, 7) is 2.39. The number of nitrogens with zero attached hydrogens (tertiary/aromatic N) is 1. The van der Waals surface area contributed by atoms with Gasteiger partial charge in [-0.25, -0.2) is 8.42 Å². The van der Waals surface area contributed by atoms with Crippen LogP contribution in [0.1, 0.15) is 11.1 Å². The molecular weight excluding hydrogens is 396 g/mol. The van der Waals surface area contributed by atoms with Crippen LogP contribution in [0.3, 0.4) is 0 Å². The summed E-state index contributed by atoms with van der Waals surface area (Å²) in [5.74, 6) is 0.774. The Balaban J connectivity index is 1.78. The van der Waals surface area contributed by atoms with Gasteiger partial charge in [0.1, 0.15) is 10.6 Å². The lowest BCUT2D eigenvalue weighted by molar-refractivity contribution is 0.414. The molecule has 5 nitrogen and oxygen atoms in total. The highest BCUT2D eigenvalue weighted by atomic mass is 32.2. The van der Waals surface area contributed by atoms with Crippen LogP contribution in [0.25, 0.3) is 10.9 Å². The van der Waals surface area contributed by atoms with E-state index in [1.54, 1.807) is 31.4 Å². The molecule has 1 heterocycles. The Morgan fingerprint density at radius 2 is 1.63 bits per heavy atom. The second-order valence-corrected chi connectivity index (χ2v) is 8.95. The Morgan fingerprint density at radius 1 is 0.933 bits per heavy atom. The molecule has 0 radical (unpaired) electrons. The average Bonchev–Trinajstić information content (AvgIpc) is 2.78. The monoisotopic (exact) mass is 418 g/mol. The van der Waals surface area contributed by atoms with E-state index in [0.29, 0.717) is 12.2 Å². The number of anilines is 1. The van der Waals surface area contributed by atoms with Crippen LogP contribution in [-0.2, 0) is 16.4 Å². The van der Waals surface area contributed by atoms with Gasteiger partial charge in [-0.3, -0.25) is 4.98 Å². The van der Waals surface area contributed by atoms with Gasteiger partial charge >= 0.3 is 0 Å². The van der Waals surface area contributed by atoms with Gasteiger partial charge in [-0.15, -0.1) is 0 Å². The molecule has 4 aromatic rings. The molecule has 0 saturated heterocycles. The van der Waals surface area contributed by atoms with E-state index in [-0.39, 0.29) is 9.79 Å². The van der Waals surface area contributed by atoms with Crippen LogP contribution in [0.4, 0.5) is 5.69 Å². The van der Waals surface area contributed by atoms with Crippen molar-refractivity contribution in [2.75, 3.05) is 12.4 Å². The zero-order chi connectivity index (χ0) is 21.1. The van der Waals surface area contributed by atoms with E-state index in [0.717, 1.165) is 27.8 Å². The van der Waals surface area contributed by atoms with Crippen LogP contribution in [0, 0.1) is 6.92 Å². The van der Waals surface area contributed by atoms with Crippen molar-refractivity contribution >= 4 is 26.4 Å². The first kappa shape index (κ1) is 19.9. The Bertz CT molecular complexity index is 1280. The van der Waals surface area contributed by atoms with Crippen molar-refractivity contribution in [3.05, 3.63) is 90.1 Å². The number of rotatable bonds is 6. The van der Waals surface area contributed by atoms with Crippen molar-refractivity contribution in [1.29, 1.82) is 0 Å². The summed E-state index contributed by atoms with van der Waals surface area (Å²) >= 11 is 0. The van der Waals surface area contributed by atoms with Gasteiger partial charge in [0.15, 0.2) is 0 Å². The largest absolute Gasteiger partial charge is 0.497 e. The molecule has 6 heteroatoms. The molecule has 1 N–H and O–H groups in total. The van der Waals surface area contributed by atoms with E-state index in [1.807, 2.05) is 55.5 Å². The average molecular weight is 419 g/mol. The zero-order valence-corrected chi connectivity index (χ0v) is 17.6. The van der Waals surface area contributed by atoms with Crippen molar-refractivity contribution in [2.45, 2.75) is 23.3 Å². The van der Waals surface area contributed by atoms with Gasteiger partial charge in [0, 0.05) is 18.1 Å². The maximum atomic E-state index is 13.4. The van der Waals surface area contributed by atoms with Crippen LogP contribution >= 0.6 is 0 Å². The number of para-hydroxylation sites is 1. The first-order valence-corrected chi connectivity index (χ1v) is 11.0. The van der Waals surface area contributed by atoms with Crippen molar-refractivity contribution < 1.29 is 13.2 Å². The molecule has 0 aliphatic heterocycles. The minimum atomic E-state index is -3.74. The molecule has 0 spiro atoms. The number of fused-ring (bicyclic) bond motifs is 1. The quantitative estimate of drug-likeness (QED) is 0.477. The number of benzene rings is 3. The number of sulfone groups is 1. The van der Waals surface area contributed by atoms with Crippen LogP contribution in [0.15, 0.2) is 88.8 Å². The third-order valence-electron chi connectivity index (χ3n) is 4.99. The molecule has 152 valence electrons. The molecule has 0 atom stereocenters. The van der Waals surface area contributed by atoms with Crippen molar-refractivity contribution in [2.24, 2.45) is 0 Å². The van der Waals surface area contributed by atoms with Crippen molar-refractivity contribution in [3.63, 3.8) is 0 Å². The highest BCUT2D eigenvalue weighted by Gasteiger charge is 2.23. The Labute approximate surface area is 176 Å². The molecule has 0 saturated carbocycles. The summed E-state index contributed by atoms with van der Waals surface area (Å²) < 4.78 is 32.0. The van der Waals surface area contributed by atoms with Crippen LogP contribution < -0.4 is 10.1 Å². The normalized spacial score (nSPS) is 11.4. The maximum absolute atomic E-state index is 13.4. The number of hydrogen-bond donors (Lipinski definition) is 1. The Kier molecular flexibility index (Phi) is 5.42. The van der Waals surface area contributed by atoms with Gasteiger partial charge < -0.3 is 10.1 Å². The summed E-state index contributed by atoms with van der Waals surface area (Å²) in [7, 11) is -2.11. The lowest BCUT2D eigenvalue weighted by Gasteiger charge is -2.15. The molecule has 0 amide bonds. The van der Waals surface area contributed by atoms with Gasteiger partial charge in [0.05, 0.1) is 23.2 Å². The third kappa shape index (κ3) is 3.86. The van der Waals surface area contributed by atoms with E-state index >= 15 is 0 Å². The minimum Gasteiger partial charge on any atom is -0.497 e. The topological polar surface area (TPSA) is 68.3 Å². The summed E-state index contributed by atoms with van der Waals surface area (Å²) in [6, 6.07) is 22.0. The molecule has 1 aromatic heterocycles. The summed E-state index contributed by atoms with van der Waals surface area (Å²) in [6.07, 6.45) is 1.44. The highest BCUT2D eigenvalue weighted by molar-refractivity contribution is 7.91. The van der Waals surface area contributed by atoms with Gasteiger partial charge in [0.25, 0.3) is 0 Å². The second kappa shape index (κ2) is 8.16. The van der Waals surface area contributed by atoms with Crippen LogP contribution in [-0.4, -0.2) is 20.5 Å². The third-order valence-corrected chi connectivity index (χ3v) is 6.77. The summed E-state index contributed by atoms with van der Waals surface area (Å²) in [5, 5.41) is 4.10. The fourth-order valence-electron chi connectivity index (χ4n) is 3.29. The first-order valence-electron chi connectivity index (χ1n) is 9.55. The number of methoxy groups -OCH3 is 1. The summed E-state index contributed by atoms with van der Waals surface area (Å²) in [4.78, 5) is 4.81.